The highest BCUT2D eigenvalue weighted by Gasteiger charge is 2.63. The van der Waals surface area contributed by atoms with Crippen LogP contribution in [0.1, 0.15) is 35.3 Å². The van der Waals surface area contributed by atoms with Gasteiger partial charge in [0.05, 0.1) is 21.3 Å². The number of hydrogen-bond donors (Lipinski definition) is 1. The Morgan fingerprint density at radius 3 is 2.55 bits per heavy atom. The van der Waals surface area contributed by atoms with Crippen LogP contribution in [0, 0.1) is 5.92 Å². The molecule has 3 aliphatic heterocycles. The number of nitrogens with one attached hydrogen (secondary N) is 1. The number of methoxy groups -OCH3 is 3. The van der Waals surface area contributed by atoms with E-state index in [4.69, 9.17) is 40.0 Å². The lowest BCUT2D eigenvalue weighted by molar-refractivity contribution is -0.130. The molecule has 1 spiro atoms. The Morgan fingerprint density at radius 2 is 1.80 bits per heavy atom. The number of hydrogen-bond acceptors (Lipinski definition) is 11. The van der Waals surface area contributed by atoms with Gasteiger partial charge in [-0.05, 0) is 24.1 Å². The number of carbonyl (C=O) groups excluding carboxylic acids is 2. The van der Waals surface area contributed by atoms with E-state index in [2.05, 4.69) is 15.4 Å². The van der Waals surface area contributed by atoms with E-state index in [0.717, 1.165) is 0 Å². The number of ether oxygens (including phenoxy) is 6. The number of anilines is 1. The largest absolute Gasteiger partial charge is 0.496 e. The fourth-order valence-corrected chi connectivity index (χ4v) is 6.27. The van der Waals surface area contributed by atoms with Crippen LogP contribution in [-0.2, 0) is 4.79 Å². The van der Waals surface area contributed by atoms with E-state index < -0.39 is 29.1 Å². The van der Waals surface area contributed by atoms with Gasteiger partial charge in [0.15, 0.2) is 17.2 Å². The van der Waals surface area contributed by atoms with E-state index in [0.29, 0.717) is 46.5 Å². The number of halogens is 1. The van der Waals surface area contributed by atoms with Crippen molar-refractivity contribution < 1.29 is 38.0 Å². The number of nitrogens with zero attached hydrogens (tertiary/aromatic N) is 3. The van der Waals surface area contributed by atoms with Crippen molar-refractivity contribution in [2.24, 2.45) is 5.92 Å². The van der Waals surface area contributed by atoms with Crippen LogP contribution < -0.4 is 33.7 Å². The van der Waals surface area contributed by atoms with Gasteiger partial charge in [0.2, 0.25) is 35.7 Å². The van der Waals surface area contributed by atoms with Gasteiger partial charge in [0.25, 0.3) is 0 Å². The first-order valence-electron chi connectivity index (χ1n) is 12.4. The van der Waals surface area contributed by atoms with Gasteiger partial charge in [-0.25, -0.2) is 4.68 Å². The molecule has 40 heavy (non-hydrogen) atoms. The molecule has 0 bridgehead atoms. The Labute approximate surface area is 232 Å². The van der Waals surface area contributed by atoms with E-state index in [9.17, 15) is 9.59 Å². The van der Waals surface area contributed by atoms with Crippen LogP contribution in [0.5, 0.6) is 34.5 Å². The van der Waals surface area contributed by atoms with Crippen molar-refractivity contribution in [1.29, 1.82) is 0 Å². The molecule has 4 aliphatic rings. The molecule has 3 aromatic rings. The molecule has 1 aliphatic carbocycles. The Balaban J connectivity index is 1.41. The third kappa shape index (κ3) is 3.02. The predicted octanol–water partition coefficient (Wildman–Crippen LogP) is 3.58. The van der Waals surface area contributed by atoms with Gasteiger partial charge < -0.3 is 33.7 Å². The topological polar surface area (TPSA) is 132 Å². The van der Waals surface area contributed by atoms with E-state index >= 15 is 0 Å². The monoisotopic (exact) mass is 566 g/mol. The minimum absolute atomic E-state index is 0.0378. The molecule has 2 aromatic carbocycles. The van der Waals surface area contributed by atoms with Gasteiger partial charge in [-0.15, -0.1) is 0 Å². The molecule has 206 valence electrons. The van der Waals surface area contributed by atoms with Crippen molar-refractivity contribution in [2.45, 2.75) is 25.0 Å². The third-order valence-electron chi connectivity index (χ3n) is 7.88. The molecule has 0 amide bonds. The number of fused-ring (bicyclic) bond motifs is 3. The smallest absolute Gasteiger partial charge is 0.236 e. The summed E-state index contributed by atoms with van der Waals surface area (Å²) in [5.41, 5.74) is -0.235. The molecule has 0 saturated carbocycles. The van der Waals surface area contributed by atoms with Crippen LogP contribution in [0.4, 0.5) is 5.95 Å². The maximum absolute atomic E-state index is 14.7. The first-order valence-corrected chi connectivity index (χ1v) is 12.8. The summed E-state index contributed by atoms with van der Waals surface area (Å²) in [6, 6.07) is 4.26. The predicted molar refractivity (Wildman–Crippen MR) is 139 cm³/mol. The van der Waals surface area contributed by atoms with Crippen molar-refractivity contribution in [1.82, 2.24) is 14.8 Å². The van der Waals surface area contributed by atoms with Crippen LogP contribution in [0.2, 0.25) is 5.02 Å². The lowest BCUT2D eigenvalue weighted by Crippen LogP contribution is -2.58. The van der Waals surface area contributed by atoms with Gasteiger partial charge in [-0.3, -0.25) is 9.59 Å². The fourth-order valence-electron chi connectivity index (χ4n) is 6.01. The van der Waals surface area contributed by atoms with Gasteiger partial charge in [0.1, 0.15) is 34.5 Å². The summed E-state index contributed by atoms with van der Waals surface area (Å²) in [5, 5.41) is 7.73. The molecule has 1 aromatic heterocycles. The highest BCUT2D eigenvalue weighted by atomic mass is 35.5. The maximum Gasteiger partial charge on any atom is 0.236 e. The van der Waals surface area contributed by atoms with Gasteiger partial charge >= 0.3 is 0 Å². The van der Waals surface area contributed by atoms with E-state index in [1.807, 2.05) is 0 Å². The second-order valence-corrected chi connectivity index (χ2v) is 10.2. The van der Waals surface area contributed by atoms with Crippen LogP contribution in [0.15, 0.2) is 35.8 Å². The number of benzene rings is 2. The quantitative estimate of drug-likeness (QED) is 0.465. The number of rotatable bonds is 4. The zero-order chi connectivity index (χ0) is 27.9. The summed E-state index contributed by atoms with van der Waals surface area (Å²) >= 11 is 6.59. The molecular formula is C27H23ClN4O8. The van der Waals surface area contributed by atoms with E-state index in [1.165, 1.54) is 33.7 Å². The number of aromatic nitrogens is 3. The van der Waals surface area contributed by atoms with Gasteiger partial charge in [-0.2, -0.15) is 10.1 Å². The Bertz CT molecular complexity index is 1670. The van der Waals surface area contributed by atoms with Crippen LogP contribution in [0.3, 0.4) is 0 Å². The summed E-state index contributed by atoms with van der Waals surface area (Å²) < 4.78 is 35.6. The Morgan fingerprint density at radius 1 is 1.02 bits per heavy atom. The first kappa shape index (κ1) is 24.6. The maximum atomic E-state index is 14.7. The molecule has 0 unspecified atom stereocenters. The Kier molecular flexibility index (Phi) is 5.24. The highest BCUT2D eigenvalue weighted by molar-refractivity contribution is 6.36. The summed E-state index contributed by atoms with van der Waals surface area (Å²) in [5.74, 6) is 0.717. The van der Waals surface area contributed by atoms with Gasteiger partial charge in [0, 0.05) is 23.3 Å². The molecule has 4 heterocycles. The molecule has 0 fully saturated rings. The zero-order valence-corrected chi connectivity index (χ0v) is 22.6. The molecular weight excluding hydrogens is 544 g/mol. The van der Waals surface area contributed by atoms with Crippen molar-refractivity contribution in [3.8, 4) is 34.5 Å². The summed E-state index contributed by atoms with van der Waals surface area (Å²) in [6.07, 6.45) is 1.70. The summed E-state index contributed by atoms with van der Waals surface area (Å²) in [4.78, 5) is 33.3. The van der Waals surface area contributed by atoms with Crippen molar-refractivity contribution in [3.63, 3.8) is 0 Å². The molecule has 12 nitrogen and oxygen atoms in total. The number of allylic oxidation sites excluding steroid dienone is 1. The normalized spacial score (nSPS) is 23.8. The molecule has 7 rings (SSSR count). The van der Waals surface area contributed by atoms with Crippen molar-refractivity contribution in [3.05, 3.63) is 51.9 Å². The average Bonchev–Trinajstić information content (AvgIpc) is 3.69. The van der Waals surface area contributed by atoms with Gasteiger partial charge in [-0.1, -0.05) is 18.5 Å². The second kappa shape index (κ2) is 8.52. The number of carbonyl (C=O) groups is 2. The standard InChI is InChI=1S/C27H23ClN4O8/c1-11-5-13-18(24(33)27(11)25(34)19-14(35-2)8-15(36-3)20(28)23(19)40-27)21(32-26(31-13)29-9-30-32)12-6-16(37-4)22-17(7-12)38-10-39-22/h6-9,11,21H,5,10H2,1-4H3,(H,29,30,31)/t11-,21+,27+/m1/s1. The molecule has 0 radical (unpaired) electrons. The average molecular weight is 567 g/mol. The van der Waals surface area contributed by atoms with Crippen LogP contribution in [0.25, 0.3) is 0 Å². The second-order valence-electron chi connectivity index (χ2n) is 9.81. The van der Waals surface area contributed by atoms with Crippen molar-refractivity contribution >= 4 is 29.1 Å². The fraction of sp³-hybridized carbons (Fsp3) is 0.333. The Hall–Kier alpha value is -4.45. The third-order valence-corrected chi connectivity index (χ3v) is 8.24. The van der Waals surface area contributed by atoms with Crippen molar-refractivity contribution in [2.75, 3.05) is 33.4 Å². The molecule has 3 atom stereocenters. The summed E-state index contributed by atoms with van der Waals surface area (Å²) in [6.45, 7) is 1.83. The summed E-state index contributed by atoms with van der Waals surface area (Å²) in [7, 11) is 4.39. The minimum Gasteiger partial charge on any atom is -0.496 e. The lowest BCUT2D eigenvalue weighted by atomic mass is 9.69. The zero-order valence-electron chi connectivity index (χ0n) is 21.9. The molecule has 1 N–H and O–H groups in total. The van der Waals surface area contributed by atoms with Crippen LogP contribution in [-0.4, -0.2) is 60.1 Å². The molecule has 13 heteroatoms. The lowest BCUT2D eigenvalue weighted by Gasteiger charge is -2.41. The first-order chi connectivity index (χ1) is 19.3. The number of Topliss-reactive ketones (excluding diaryl/α,β-unsaturated/α-hetero) is 2. The molecule has 0 saturated heterocycles. The van der Waals surface area contributed by atoms with Crippen LogP contribution >= 0.6 is 11.6 Å². The number of ketones is 2. The van der Waals surface area contributed by atoms with E-state index in [-0.39, 0.29) is 34.6 Å². The highest BCUT2D eigenvalue weighted by Crippen LogP contribution is 2.56. The minimum atomic E-state index is -1.89. The SMILES string of the molecule is COc1cc(OC)c2c(c1Cl)O[C@@]1(C(=O)C3=C(C[C@H]1C)Nc1ncnn1[C@H]3c1cc(OC)c3c(c1)OCO3)C2=O. The van der Waals surface area contributed by atoms with E-state index in [1.54, 1.807) is 23.7 Å².